The van der Waals surface area contributed by atoms with Gasteiger partial charge in [0.05, 0.1) is 0 Å². The fraction of sp³-hybridized carbons (Fsp3) is 0.417. The number of hydrogen-bond acceptors (Lipinski definition) is 3. The minimum atomic E-state index is -0.0333. The second kappa shape index (κ2) is 10.2. The monoisotopic (exact) mass is 363 g/mol. The zero-order valence-corrected chi connectivity index (χ0v) is 16.0. The Labute approximate surface area is 162 Å². The van der Waals surface area contributed by atoms with Gasteiger partial charge in [0.1, 0.15) is 0 Å². The molecule has 1 heterocycles. The highest BCUT2D eigenvalue weighted by Gasteiger charge is 2.24. The molecule has 2 aromatic rings. The Morgan fingerprint density at radius 1 is 0.815 bits per heavy atom. The average molecular weight is 364 g/mol. The lowest BCUT2D eigenvalue weighted by molar-refractivity contribution is 0.0846. The Kier molecular flexibility index (Phi) is 7.35. The largest absolute Gasteiger partial charge is 0.303 e. The normalized spacial score (nSPS) is 16.0. The zero-order chi connectivity index (χ0) is 18.9. The number of rotatable bonds is 9. The van der Waals surface area contributed by atoms with Crippen molar-refractivity contribution in [3.63, 3.8) is 0 Å². The molecule has 0 aliphatic carbocycles. The average Bonchev–Trinajstić information content (AvgIpc) is 2.74. The number of carbonyl (C=O) groups is 2. The van der Waals surface area contributed by atoms with Crippen LogP contribution in [-0.2, 0) is 0 Å². The van der Waals surface area contributed by atoms with Crippen molar-refractivity contribution in [2.45, 2.75) is 38.5 Å². The number of ketones is 2. The van der Waals surface area contributed by atoms with Gasteiger partial charge in [-0.25, -0.2) is 0 Å². The molecule has 0 amide bonds. The van der Waals surface area contributed by atoms with Crippen LogP contribution in [0.15, 0.2) is 60.7 Å². The van der Waals surface area contributed by atoms with Gasteiger partial charge in [0.25, 0.3) is 0 Å². The lowest BCUT2D eigenvalue weighted by atomic mass is 9.90. The fourth-order valence-corrected chi connectivity index (χ4v) is 3.87. The van der Waals surface area contributed by atoms with E-state index in [0.717, 1.165) is 43.6 Å². The van der Waals surface area contributed by atoms with Crippen LogP contribution in [0.2, 0.25) is 0 Å². The van der Waals surface area contributed by atoms with Gasteiger partial charge in [0.2, 0.25) is 0 Å². The molecule has 0 saturated carbocycles. The van der Waals surface area contributed by atoms with Gasteiger partial charge < -0.3 is 4.90 Å². The third-order valence-corrected chi connectivity index (χ3v) is 5.41. The zero-order valence-electron chi connectivity index (χ0n) is 16.0. The van der Waals surface area contributed by atoms with Crippen LogP contribution in [0, 0.1) is 5.92 Å². The molecule has 0 radical (unpaired) electrons. The summed E-state index contributed by atoms with van der Waals surface area (Å²) in [4.78, 5) is 27.8. The molecule has 1 unspecified atom stereocenters. The highest BCUT2D eigenvalue weighted by Crippen LogP contribution is 2.20. The van der Waals surface area contributed by atoms with Crippen LogP contribution in [0.5, 0.6) is 0 Å². The minimum Gasteiger partial charge on any atom is -0.303 e. The Balaban J connectivity index is 1.60. The topological polar surface area (TPSA) is 37.4 Å². The van der Waals surface area contributed by atoms with Gasteiger partial charge in [-0.05, 0) is 38.8 Å². The molecule has 1 saturated heterocycles. The third-order valence-electron chi connectivity index (χ3n) is 5.41. The quantitative estimate of drug-likeness (QED) is 0.587. The van der Waals surface area contributed by atoms with Crippen molar-refractivity contribution in [3.8, 4) is 0 Å². The molecule has 1 atom stereocenters. The molecule has 0 N–H and O–H groups in total. The van der Waals surface area contributed by atoms with Gasteiger partial charge in [0.15, 0.2) is 11.6 Å². The Morgan fingerprint density at radius 2 is 1.41 bits per heavy atom. The number of nitrogens with zero attached hydrogens (tertiary/aromatic N) is 1. The summed E-state index contributed by atoms with van der Waals surface area (Å²) in [5.74, 6) is 0.349. The lowest BCUT2D eigenvalue weighted by Crippen LogP contribution is -2.37. The van der Waals surface area contributed by atoms with Crippen molar-refractivity contribution >= 4 is 11.6 Å². The standard InChI is InChI=1S/C24H29NO2/c26-23(20-11-4-1-5-12-20)16-10-15-22(19-25-17-8-3-9-18-25)24(27)21-13-6-2-7-14-21/h1-2,4-7,11-14,22H,3,8-10,15-19H2. The van der Waals surface area contributed by atoms with E-state index >= 15 is 0 Å². The first kappa shape index (κ1) is 19.5. The molecule has 0 bridgehead atoms. The second-order valence-corrected chi connectivity index (χ2v) is 7.47. The summed E-state index contributed by atoms with van der Waals surface area (Å²) in [6, 6.07) is 19.0. The van der Waals surface area contributed by atoms with E-state index in [4.69, 9.17) is 0 Å². The van der Waals surface area contributed by atoms with E-state index in [1.54, 1.807) is 0 Å². The maximum absolute atomic E-state index is 13.1. The summed E-state index contributed by atoms with van der Waals surface area (Å²) >= 11 is 0. The molecule has 2 aromatic carbocycles. The molecular formula is C24H29NO2. The van der Waals surface area contributed by atoms with Crippen molar-refractivity contribution < 1.29 is 9.59 Å². The predicted octanol–water partition coefficient (Wildman–Crippen LogP) is 5.02. The number of likely N-dealkylation sites (tertiary alicyclic amines) is 1. The number of piperidine rings is 1. The third kappa shape index (κ3) is 5.86. The van der Waals surface area contributed by atoms with Crippen LogP contribution in [0.1, 0.15) is 59.2 Å². The number of benzene rings is 2. The van der Waals surface area contributed by atoms with Crippen LogP contribution in [-0.4, -0.2) is 36.1 Å². The molecule has 1 aliphatic heterocycles. The van der Waals surface area contributed by atoms with Gasteiger partial charge in [-0.15, -0.1) is 0 Å². The van der Waals surface area contributed by atoms with Gasteiger partial charge >= 0.3 is 0 Å². The van der Waals surface area contributed by atoms with Crippen molar-refractivity contribution in [1.82, 2.24) is 4.90 Å². The molecule has 27 heavy (non-hydrogen) atoms. The smallest absolute Gasteiger partial charge is 0.167 e. The summed E-state index contributed by atoms with van der Waals surface area (Å²) in [6.07, 6.45) is 5.76. The van der Waals surface area contributed by atoms with E-state index in [0.29, 0.717) is 6.42 Å². The maximum Gasteiger partial charge on any atom is 0.167 e. The number of Topliss-reactive ketones (excluding diaryl/α,β-unsaturated/α-hetero) is 2. The van der Waals surface area contributed by atoms with E-state index in [1.807, 2.05) is 60.7 Å². The molecule has 3 nitrogen and oxygen atoms in total. The van der Waals surface area contributed by atoms with E-state index in [9.17, 15) is 9.59 Å². The van der Waals surface area contributed by atoms with E-state index in [-0.39, 0.29) is 17.5 Å². The van der Waals surface area contributed by atoms with E-state index in [1.165, 1.54) is 19.3 Å². The number of hydrogen-bond donors (Lipinski definition) is 0. The summed E-state index contributed by atoms with van der Waals surface area (Å²) in [5, 5.41) is 0. The van der Waals surface area contributed by atoms with Gasteiger partial charge in [-0.3, -0.25) is 9.59 Å². The SMILES string of the molecule is O=C(CCCC(CN1CCCCC1)C(=O)c1ccccc1)c1ccccc1. The Bertz CT molecular complexity index is 721. The maximum atomic E-state index is 13.1. The van der Waals surface area contributed by atoms with Crippen LogP contribution >= 0.6 is 0 Å². The summed E-state index contributed by atoms with van der Waals surface area (Å²) in [6.45, 7) is 2.98. The molecule has 3 heteroatoms. The lowest BCUT2D eigenvalue weighted by Gasteiger charge is -2.30. The van der Waals surface area contributed by atoms with Gasteiger partial charge in [-0.1, -0.05) is 67.1 Å². The summed E-state index contributed by atoms with van der Waals surface area (Å²) in [5.41, 5.74) is 1.55. The highest BCUT2D eigenvalue weighted by atomic mass is 16.1. The molecule has 1 fully saturated rings. The summed E-state index contributed by atoms with van der Waals surface area (Å²) in [7, 11) is 0. The molecule has 0 spiro atoms. The Hall–Kier alpha value is -2.26. The van der Waals surface area contributed by atoms with Crippen molar-refractivity contribution in [2.24, 2.45) is 5.92 Å². The van der Waals surface area contributed by atoms with Crippen molar-refractivity contribution in [1.29, 1.82) is 0 Å². The van der Waals surface area contributed by atoms with Crippen molar-refractivity contribution in [3.05, 3.63) is 71.8 Å². The molecule has 1 aliphatic rings. The van der Waals surface area contributed by atoms with Crippen LogP contribution in [0.3, 0.4) is 0 Å². The van der Waals surface area contributed by atoms with Crippen LogP contribution < -0.4 is 0 Å². The first-order valence-electron chi connectivity index (χ1n) is 10.1. The number of carbonyl (C=O) groups excluding carboxylic acids is 2. The first-order valence-corrected chi connectivity index (χ1v) is 10.1. The first-order chi connectivity index (χ1) is 13.2. The van der Waals surface area contributed by atoms with Crippen molar-refractivity contribution in [2.75, 3.05) is 19.6 Å². The molecule has 3 rings (SSSR count). The van der Waals surface area contributed by atoms with Gasteiger partial charge in [0, 0.05) is 30.0 Å². The molecule has 0 aromatic heterocycles. The molecule has 142 valence electrons. The minimum absolute atomic E-state index is 0.0333. The van der Waals surface area contributed by atoms with Gasteiger partial charge in [-0.2, -0.15) is 0 Å². The predicted molar refractivity (Wildman–Crippen MR) is 109 cm³/mol. The van der Waals surface area contributed by atoms with Crippen LogP contribution in [0.25, 0.3) is 0 Å². The highest BCUT2D eigenvalue weighted by molar-refractivity contribution is 5.98. The summed E-state index contributed by atoms with van der Waals surface area (Å²) < 4.78 is 0. The van der Waals surface area contributed by atoms with Crippen LogP contribution in [0.4, 0.5) is 0 Å². The molecular weight excluding hydrogens is 334 g/mol. The fourth-order valence-electron chi connectivity index (χ4n) is 3.87. The second-order valence-electron chi connectivity index (χ2n) is 7.47. The van der Waals surface area contributed by atoms with E-state index in [2.05, 4.69) is 4.90 Å². The van der Waals surface area contributed by atoms with E-state index < -0.39 is 0 Å². The Morgan fingerprint density at radius 3 is 2.04 bits per heavy atom.